The van der Waals surface area contributed by atoms with Crippen LogP contribution in [0.15, 0.2) is 48.5 Å². The Morgan fingerprint density at radius 3 is 1.79 bits per heavy atom. The molecule has 0 aliphatic carbocycles. The summed E-state index contributed by atoms with van der Waals surface area (Å²) in [7, 11) is 1.64. The summed E-state index contributed by atoms with van der Waals surface area (Å²) in [6.07, 6.45) is -0.773. The molecule has 0 amide bonds. The highest BCUT2D eigenvalue weighted by Crippen LogP contribution is 2.33. The highest BCUT2D eigenvalue weighted by atomic mass is 127. The molecule has 5 nitrogen and oxygen atoms in total. The predicted molar refractivity (Wildman–Crippen MR) is 123 cm³/mol. The van der Waals surface area contributed by atoms with Crippen molar-refractivity contribution >= 4 is 34.6 Å². The van der Waals surface area contributed by atoms with Crippen LogP contribution >= 0.6 is 34.6 Å². The second kappa shape index (κ2) is 12.0. The molecule has 2 aromatic carbocycles. The molecule has 0 fully saturated rings. The van der Waals surface area contributed by atoms with E-state index in [0.29, 0.717) is 19.0 Å². The lowest BCUT2D eigenvalue weighted by molar-refractivity contribution is 0.0745. The third-order valence-electron chi connectivity index (χ3n) is 4.69. The van der Waals surface area contributed by atoms with E-state index in [2.05, 4.69) is 26.0 Å². The zero-order valence-corrected chi connectivity index (χ0v) is 19.9. The second-order valence-electron chi connectivity index (χ2n) is 7.27. The fourth-order valence-corrected chi connectivity index (χ4v) is 3.20. The van der Waals surface area contributed by atoms with Gasteiger partial charge in [0.05, 0.1) is 12.5 Å². The Bertz CT molecular complexity index is 721. The largest absolute Gasteiger partial charge is 0.491 e. The van der Waals surface area contributed by atoms with Crippen molar-refractivity contribution in [2.75, 3.05) is 32.8 Å². The van der Waals surface area contributed by atoms with Crippen LogP contribution in [0.25, 0.3) is 0 Å². The zero-order valence-electron chi connectivity index (χ0n) is 16.9. The molecule has 29 heavy (non-hydrogen) atoms. The third-order valence-corrected chi connectivity index (χ3v) is 5.76. The van der Waals surface area contributed by atoms with Crippen LogP contribution < -0.4 is 9.47 Å². The van der Waals surface area contributed by atoms with Crippen molar-refractivity contribution in [2.24, 2.45) is 0 Å². The van der Waals surface area contributed by atoms with Gasteiger partial charge in [-0.3, -0.25) is 0 Å². The number of benzene rings is 2. The van der Waals surface area contributed by atoms with Crippen molar-refractivity contribution < 1.29 is 22.4 Å². The summed E-state index contributed by atoms with van der Waals surface area (Å²) in [5, 5.41) is 9.50. The zero-order chi connectivity index (χ0) is 21.3. The first-order chi connectivity index (χ1) is 13.9. The number of ether oxygens (including phenoxy) is 3. The number of methoxy groups -OCH3 is 1. The van der Waals surface area contributed by atoms with Crippen LogP contribution in [0.5, 0.6) is 11.5 Å². The van der Waals surface area contributed by atoms with E-state index in [1.54, 1.807) is 7.11 Å². The Morgan fingerprint density at radius 2 is 1.38 bits per heavy atom. The number of aliphatic hydroxyl groups is 1. The standard InChI is InChI=1S/C22H28ClIO5/c1-22(2,16-4-8-19(9-5-16)27-13-18(25)12-23)17-6-10-20(11-7-17)28-15-21(29-24)14-26-3/h4-11,18,21,25H,12-15H2,1-3H3/t18-,21-/m1/s1. The number of aliphatic hydroxyl groups excluding tert-OH is 1. The average Bonchev–Trinajstić information content (AvgIpc) is 2.75. The fourth-order valence-electron chi connectivity index (χ4n) is 2.81. The molecule has 0 aliphatic heterocycles. The van der Waals surface area contributed by atoms with Gasteiger partial charge in [-0.15, -0.1) is 11.6 Å². The van der Waals surface area contributed by atoms with E-state index in [0.717, 1.165) is 11.3 Å². The molecule has 160 valence electrons. The molecule has 0 saturated heterocycles. The minimum absolute atomic E-state index is 0.108. The van der Waals surface area contributed by atoms with Gasteiger partial charge in [0.1, 0.15) is 59.9 Å². The Morgan fingerprint density at radius 1 is 0.897 bits per heavy atom. The summed E-state index contributed by atoms with van der Waals surface area (Å²) >= 11 is 7.45. The first-order valence-electron chi connectivity index (χ1n) is 9.37. The van der Waals surface area contributed by atoms with Gasteiger partial charge in [0, 0.05) is 12.5 Å². The molecule has 0 bridgehead atoms. The number of hydrogen-bond donors (Lipinski definition) is 1. The maximum atomic E-state index is 9.50. The van der Waals surface area contributed by atoms with E-state index < -0.39 is 6.10 Å². The van der Waals surface area contributed by atoms with E-state index in [1.165, 1.54) is 5.56 Å². The first kappa shape index (κ1) is 24.2. The third kappa shape index (κ3) is 7.29. The second-order valence-corrected chi connectivity index (χ2v) is 8.09. The number of hydrogen-bond acceptors (Lipinski definition) is 5. The first-order valence-corrected chi connectivity index (χ1v) is 10.8. The van der Waals surface area contributed by atoms with Crippen LogP contribution in [-0.4, -0.2) is 50.1 Å². The van der Waals surface area contributed by atoms with Crippen molar-refractivity contribution in [3.63, 3.8) is 0 Å². The predicted octanol–water partition coefficient (Wildman–Crippen LogP) is 4.75. The van der Waals surface area contributed by atoms with Crippen LogP contribution in [0.1, 0.15) is 25.0 Å². The maximum absolute atomic E-state index is 9.50. The maximum Gasteiger partial charge on any atom is 0.127 e. The van der Waals surface area contributed by atoms with Gasteiger partial charge in [0.15, 0.2) is 0 Å². The van der Waals surface area contributed by atoms with Gasteiger partial charge < -0.3 is 22.4 Å². The van der Waals surface area contributed by atoms with Gasteiger partial charge in [0.25, 0.3) is 0 Å². The highest BCUT2D eigenvalue weighted by Gasteiger charge is 2.23. The molecule has 0 heterocycles. The van der Waals surface area contributed by atoms with Gasteiger partial charge in [-0.2, -0.15) is 0 Å². The minimum Gasteiger partial charge on any atom is -0.491 e. The number of halogens is 2. The van der Waals surface area contributed by atoms with Crippen molar-refractivity contribution in [1.29, 1.82) is 0 Å². The summed E-state index contributed by atoms with van der Waals surface area (Å²) in [4.78, 5) is 0. The monoisotopic (exact) mass is 534 g/mol. The van der Waals surface area contributed by atoms with E-state index >= 15 is 0 Å². The average molecular weight is 535 g/mol. The summed E-state index contributed by atoms with van der Waals surface area (Å²) in [5.41, 5.74) is 2.15. The molecule has 2 rings (SSSR count). The Kier molecular flexibility index (Phi) is 9.98. The van der Waals surface area contributed by atoms with Gasteiger partial charge >= 0.3 is 0 Å². The normalized spacial score (nSPS) is 13.7. The molecule has 0 radical (unpaired) electrons. The lowest BCUT2D eigenvalue weighted by Crippen LogP contribution is -2.23. The number of rotatable bonds is 12. The smallest absolute Gasteiger partial charge is 0.127 e. The Balaban J connectivity index is 2.01. The quantitative estimate of drug-likeness (QED) is 0.315. The summed E-state index contributed by atoms with van der Waals surface area (Å²) in [6, 6.07) is 16.0. The molecular weight excluding hydrogens is 507 g/mol. The van der Waals surface area contributed by atoms with E-state index in [9.17, 15) is 5.11 Å². The molecule has 0 aromatic heterocycles. The lowest BCUT2D eigenvalue weighted by atomic mass is 9.78. The molecule has 2 aromatic rings. The van der Waals surface area contributed by atoms with Gasteiger partial charge in [-0.1, -0.05) is 38.1 Å². The topological polar surface area (TPSA) is 57.2 Å². The van der Waals surface area contributed by atoms with E-state index in [-0.39, 0.29) is 24.0 Å². The van der Waals surface area contributed by atoms with Gasteiger partial charge in [-0.05, 0) is 35.4 Å². The molecule has 1 N–H and O–H groups in total. The van der Waals surface area contributed by atoms with Gasteiger partial charge in [-0.25, -0.2) is 0 Å². The van der Waals surface area contributed by atoms with Gasteiger partial charge in [0.2, 0.25) is 0 Å². The molecule has 0 unspecified atom stereocenters. The van der Waals surface area contributed by atoms with Crippen LogP contribution in [0.2, 0.25) is 0 Å². The number of alkyl halides is 1. The Hall–Kier alpha value is -1.06. The molecular formula is C22H28ClIO5. The van der Waals surface area contributed by atoms with Crippen LogP contribution in [0.3, 0.4) is 0 Å². The molecule has 0 aliphatic rings. The van der Waals surface area contributed by atoms with Crippen LogP contribution in [-0.2, 0) is 13.2 Å². The van der Waals surface area contributed by atoms with E-state index in [1.807, 2.05) is 59.4 Å². The van der Waals surface area contributed by atoms with Crippen molar-refractivity contribution in [3.8, 4) is 11.5 Å². The lowest BCUT2D eigenvalue weighted by Gasteiger charge is -2.26. The van der Waals surface area contributed by atoms with Crippen LogP contribution in [0.4, 0.5) is 0 Å². The highest BCUT2D eigenvalue weighted by molar-refractivity contribution is 14.1. The fraction of sp³-hybridized carbons (Fsp3) is 0.455. The Labute approximate surface area is 192 Å². The summed E-state index contributed by atoms with van der Waals surface area (Å²) < 4.78 is 21.7. The SMILES string of the molecule is COC[C@H](COc1ccc(C(C)(C)c2ccc(OC[C@H](O)CCl)cc2)cc1)OI. The van der Waals surface area contributed by atoms with Crippen molar-refractivity contribution in [1.82, 2.24) is 0 Å². The molecule has 2 atom stereocenters. The van der Waals surface area contributed by atoms with Crippen molar-refractivity contribution in [3.05, 3.63) is 59.7 Å². The molecule has 7 heteroatoms. The van der Waals surface area contributed by atoms with E-state index in [4.69, 9.17) is 28.9 Å². The summed E-state index contributed by atoms with van der Waals surface area (Å²) in [5.74, 6) is 1.66. The molecule has 0 spiro atoms. The van der Waals surface area contributed by atoms with Crippen molar-refractivity contribution in [2.45, 2.75) is 31.5 Å². The molecule has 0 saturated carbocycles. The minimum atomic E-state index is -0.665. The van der Waals surface area contributed by atoms with Crippen LogP contribution in [0, 0.1) is 0 Å². The summed E-state index contributed by atoms with van der Waals surface area (Å²) in [6.45, 7) is 5.45.